The van der Waals surface area contributed by atoms with Crippen LogP contribution in [0.1, 0.15) is 12.3 Å². The molecule has 5 nitrogen and oxygen atoms in total. The number of nitrogens with one attached hydrogen (secondary N) is 1. The monoisotopic (exact) mass is 333 g/mol. The van der Waals surface area contributed by atoms with Crippen LogP contribution in [0.4, 0.5) is 5.69 Å². The Kier molecular flexibility index (Phi) is 4.50. The molecule has 2 heterocycles. The molecule has 0 aliphatic heterocycles. The molecule has 3 aromatic rings. The van der Waals surface area contributed by atoms with Crippen molar-refractivity contribution >= 4 is 34.5 Å². The van der Waals surface area contributed by atoms with E-state index in [9.17, 15) is 4.79 Å². The van der Waals surface area contributed by atoms with E-state index < -0.39 is 0 Å². The first-order valence-corrected chi connectivity index (χ1v) is 7.93. The Balaban J connectivity index is 1.54. The van der Waals surface area contributed by atoms with Crippen LogP contribution in [0.15, 0.2) is 45.6 Å². The van der Waals surface area contributed by atoms with Gasteiger partial charge in [0, 0.05) is 34.5 Å². The van der Waals surface area contributed by atoms with Gasteiger partial charge < -0.3 is 9.84 Å². The van der Waals surface area contributed by atoms with Gasteiger partial charge in [0.25, 0.3) is 0 Å². The summed E-state index contributed by atoms with van der Waals surface area (Å²) < 4.78 is 5.15. The Bertz CT molecular complexity index is 753. The molecule has 0 bridgehead atoms. The lowest BCUT2D eigenvalue weighted by atomic mass is 10.2. The minimum absolute atomic E-state index is 0.113. The largest absolute Gasteiger partial charge is 0.339 e. The van der Waals surface area contributed by atoms with Crippen molar-refractivity contribution in [2.75, 3.05) is 5.32 Å². The zero-order valence-corrected chi connectivity index (χ0v) is 13.0. The molecule has 3 rings (SSSR count). The Morgan fingerprint density at radius 1 is 1.27 bits per heavy atom. The maximum Gasteiger partial charge on any atom is 0.227 e. The number of benzene rings is 1. The van der Waals surface area contributed by atoms with Crippen molar-refractivity contribution in [2.45, 2.75) is 12.8 Å². The summed E-state index contributed by atoms with van der Waals surface area (Å²) in [5.41, 5.74) is 1.63. The van der Waals surface area contributed by atoms with Gasteiger partial charge in [0.15, 0.2) is 0 Å². The molecule has 7 heteroatoms. The number of amides is 1. The number of rotatable bonds is 5. The third kappa shape index (κ3) is 3.72. The smallest absolute Gasteiger partial charge is 0.227 e. The summed E-state index contributed by atoms with van der Waals surface area (Å²) in [6.07, 6.45) is 0.671. The van der Waals surface area contributed by atoms with Gasteiger partial charge in [-0.05, 0) is 35.7 Å². The number of hydrogen-bond acceptors (Lipinski definition) is 5. The number of hydrogen-bond donors (Lipinski definition) is 1. The van der Waals surface area contributed by atoms with Crippen LogP contribution in [0.25, 0.3) is 11.4 Å². The van der Waals surface area contributed by atoms with Gasteiger partial charge in [0.2, 0.25) is 17.6 Å². The highest BCUT2D eigenvalue weighted by Gasteiger charge is 2.11. The number of aromatic nitrogens is 2. The Morgan fingerprint density at radius 3 is 2.82 bits per heavy atom. The van der Waals surface area contributed by atoms with Crippen molar-refractivity contribution in [3.63, 3.8) is 0 Å². The molecule has 0 radical (unpaired) electrons. The van der Waals surface area contributed by atoms with Gasteiger partial charge in [-0.3, -0.25) is 4.79 Å². The second-order valence-electron chi connectivity index (χ2n) is 4.58. The van der Waals surface area contributed by atoms with E-state index >= 15 is 0 Å². The van der Waals surface area contributed by atoms with E-state index in [0.717, 1.165) is 5.56 Å². The first kappa shape index (κ1) is 14.7. The number of carbonyl (C=O) groups is 1. The van der Waals surface area contributed by atoms with Crippen molar-refractivity contribution in [1.29, 1.82) is 0 Å². The first-order valence-electron chi connectivity index (χ1n) is 6.61. The highest BCUT2D eigenvalue weighted by molar-refractivity contribution is 7.08. The normalized spacial score (nSPS) is 10.6. The lowest BCUT2D eigenvalue weighted by Gasteiger charge is -2.03. The van der Waals surface area contributed by atoms with Gasteiger partial charge in [0.05, 0.1) is 0 Å². The summed E-state index contributed by atoms with van der Waals surface area (Å²) in [6.45, 7) is 0. The Morgan fingerprint density at radius 2 is 2.09 bits per heavy atom. The minimum Gasteiger partial charge on any atom is -0.339 e. The van der Waals surface area contributed by atoms with E-state index in [1.807, 2.05) is 16.8 Å². The van der Waals surface area contributed by atoms with Crippen molar-refractivity contribution in [2.24, 2.45) is 0 Å². The maximum absolute atomic E-state index is 11.9. The summed E-state index contributed by atoms with van der Waals surface area (Å²) in [4.78, 5) is 16.1. The summed E-state index contributed by atoms with van der Waals surface area (Å²) in [5.74, 6) is 0.888. The van der Waals surface area contributed by atoms with Gasteiger partial charge in [-0.25, -0.2) is 0 Å². The summed E-state index contributed by atoms with van der Waals surface area (Å²) >= 11 is 7.36. The fourth-order valence-electron chi connectivity index (χ4n) is 1.84. The second-order valence-corrected chi connectivity index (χ2v) is 5.80. The number of nitrogens with zero attached hydrogens (tertiary/aromatic N) is 2. The molecule has 0 aliphatic carbocycles. The second kappa shape index (κ2) is 6.72. The lowest BCUT2D eigenvalue weighted by molar-refractivity contribution is -0.116. The number of anilines is 1. The van der Waals surface area contributed by atoms with E-state index in [2.05, 4.69) is 15.5 Å². The quantitative estimate of drug-likeness (QED) is 0.765. The highest BCUT2D eigenvalue weighted by atomic mass is 35.5. The molecule has 0 spiro atoms. The number of thiophene rings is 1. The van der Waals surface area contributed by atoms with Gasteiger partial charge in [-0.15, -0.1) is 0 Å². The van der Waals surface area contributed by atoms with Crippen LogP contribution in [0.2, 0.25) is 5.02 Å². The summed E-state index contributed by atoms with van der Waals surface area (Å²) in [5, 5.41) is 11.2. The van der Waals surface area contributed by atoms with Crippen LogP contribution in [-0.2, 0) is 11.2 Å². The average Bonchev–Trinajstić information content (AvgIpc) is 3.18. The van der Waals surface area contributed by atoms with Crippen molar-refractivity contribution < 1.29 is 9.32 Å². The molecule has 0 unspecified atom stereocenters. The zero-order valence-electron chi connectivity index (χ0n) is 11.5. The molecule has 0 saturated heterocycles. The number of aryl methyl sites for hydroxylation is 1. The van der Waals surface area contributed by atoms with Gasteiger partial charge >= 0.3 is 0 Å². The van der Waals surface area contributed by atoms with Crippen LogP contribution >= 0.6 is 22.9 Å². The molecule has 1 aromatic carbocycles. The van der Waals surface area contributed by atoms with Crippen molar-refractivity contribution in [3.05, 3.63) is 52.0 Å². The fourth-order valence-corrected chi connectivity index (χ4v) is 2.60. The third-order valence-corrected chi connectivity index (χ3v) is 3.88. The Hall–Kier alpha value is -2.18. The predicted molar refractivity (Wildman–Crippen MR) is 86.0 cm³/mol. The van der Waals surface area contributed by atoms with Crippen LogP contribution < -0.4 is 5.32 Å². The van der Waals surface area contributed by atoms with E-state index in [1.165, 1.54) is 0 Å². The van der Waals surface area contributed by atoms with Crippen molar-refractivity contribution in [3.8, 4) is 11.4 Å². The van der Waals surface area contributed by atoms with Crippen LogP contribution in [0.5, 0.6) is 0 Å². The standard InChI is InChI=1S/C15H12ClN3O2S/c16-11-1-3-12(4-2-11)17-13(20)5-6-14-18-15(19-21-14)10-7-8-22-9-10/h1-4,7-9H,5-6H2,(H,17,20). The average molecular weight is 334 g/mol. The summed E-state index contributed by atoms with van der Waals surface area (Å²) in [6, 6.07) is 8.88. The third-order valence-electron chi connectivity index (χ3n) is 2.94. The number of halogens is 1. The molecule has 22 heavy (non-hydrogen) atoms. The lowest BCUT2D eigenvalue weighted by Crippen LogP contribution is -2.12. The molecule has 0 fully saturated rings. The number of carbonyl (C=O) groups excluding carboxylic acids is 1. The van der Waals surface area contributed by atoms with E-state index in [0.29, 0.717) is 28.8 Å². The molecule has 2 aromatic heterocycles. The van der Waals surface area contributed by atoms with E-state index in [4.69, 9.17) is 16.1 Å². The maximum atomic E-state index is 11.9. The molecule has 1 N–H and O–H groups in total. The fraction of sp³-hybridized carbons (Fsp3) is 0.133. The zero-order chi connectivity index (χ0) is 15.4. The first-order chi connectivity index (χ1) is 10.7. The molecule has 0 atom stereocenters. The van der Waals surface area contributed by atoms with Gasteiger partial charge in [0.1, 0.15) is 0 Å². The van der Waals surface area contributed by atoms with Gasteiger partial charge in [-0.2, -0.15) is 16.3 Å². The van der Waals surface area contributed by atoms with E-state index in [1.54, 1.807) is 35.6 Å². The topological polar surface area (TPSA) is 68.0 Å². The van der Waals surface area contributed by atoms with Crippen LogP contribution in [-0.4, -0.2) is 16.0 Å². The van der Waals surface area contributed by atoms with Crippen LogP contribution in [0.3, 0.4) is 0 Å². The van der Waals surface area contributed by atoms with E-state index in [-0.39, 0.29) is 12.3 Å². The highest BCUT2D eigenvalue weighted by Crippen LogP contribution is 2.19. The summed E-state index contributed by atoms with van der Waals surface area (Å²) in [7, 11) is 0. The Labute approximate surface area is 135 Å². The SMILES string of the molecule is O=C(CCc1nc(-c2ccsc2)no1)Nc1ccc(Cl)cc1. The van der Waals surface area contributed by atoms with Crippen LogP contribution in [0, 0.1) is 0 Å². The molecule has 1 amide bonds. The minimum atomic E-state index is -0.113. The molecule has 0 aliphatic rings. The molecule has 112 valence electrons. The molecule has 0 saturated carbocycles. The molecular weight excluding hydrogens is 322 g/mol. The predicted octanol–water partition coefficient (Wildman–Crippen LogP) is 4.02. The molecular formula is C15H12ClN3O2S. The van der Waals surface area contributed by atoms with Crippen molar-refractivity contribution in [1.82, 2.24) is 10.1 Å². The van der Waals surface area contributed by atoms with Gasteiger partial charge in [-0.1, -0.05) is 16.8 Å².